The van der Waals surface area contributed by atoms with Crippen LogP contribution in [0.5, 0.6) is 0 Å². The summed E-state index contributed by atoms with van der Waals surface area (Å²) in [7, 11) is 0. The molecule has 0 atom stereocenters. The fraction of sp³-hybridized carbons (Fsp3) is 0.875. The van der Waals surface area contributed by atoms with E-state index in [1.54, 1.807) is 6.92 Å². The summed E-state index contributed by atoms with van der Waals surface area (Å²) in [6.45, 7) is 4.57. The molecule has 0 bridgehead atoms. The highest BCUT2D eigenvalue weighted by atomic mass is 16.5. The van der Waals surface area contributed by atoms with Crippen LogP contribution in [0.25, 0.3) is 0 Å². The largest absolute Gasteiger partial charge is 0.481 e. The van der Waals surface area contributed by atoms with Crippen molar-refractivity contribution in [3.63, 3.8) is 0 Å². The lowest BCUT2D eigenvalue weighted by Crippen LogP contribution is -1.98. The van der Waals surface area contributed by atoms with Crippen molar-refractivity contribution in [3.8, 4) is 0 Å². The third-order valence-electron chi connectivity index (χ3n) is 1.32. The Bertz CT molecular complexity index is 91.3. The van der Waals surface area contributed by atoms with Gasteiger partial charge in [-0.1, -0.05) is 26.2 Å². The minimum Gasteiger partial charge on any atom is -0.481 e. The van der Waals surface area contributed by atoms with Crippen LogP contribution in [0.1, 0.15) is 39.5 Å². The van der Waals surface area contributed by atoms with E-state index in [4.69, 9.17) is 10.1 Å². The minimum atomic E-state index is 0.330. The van der Waals surface area contributed by atoms with E-state index in [2.05, 4.69) is 6.92 Å². The van der Waals surface area contributed by atoms with E-state index in [1.165, 1.54) is 19.3 Å². The summed E-state index contributed by atoms with van der Waals surface area (Å²) in [5, 5.41) is 6.95. The topological polar surface area (TPSA) is 33.1 Å². The van der Waals surface area contributed by atoms with E-state index in [1.807, 2.05) is 0 Å². The molecule has 0 aliphatic carbocycles. The van der Waals surface area contributed by atoms with Crippen LogP contribution in [0.2, 0.25) is 0 Å². The van der Waals surface area contributed by atoms with E-state index in [0.29, 0.717) is 5.90 Å². The van der Waals surface area contributed by atoms with Gasteiger partial charge >= 0.3 is 0 Å². The molecular weight excluding hydrogens is 126 g/mol. The number of nitrogens with one attached hydrogen (secondary N) is 1. The molecule has 0 aliphatic heterocycles. The first kappa shape index (κ1) is 9.47. The van der Waals surface area contributed by atoms with Crippen LogP contribution in [0, 0.1) is 5.41 Å². The highest BCUT2D eigenvalue weighted by molar-refractivity contribution is 5.69. The van der Waals surface area contributed by atoms with Crippen molar-refractivity contribution < 1.29 is 4.74 Å². The fourth-order valence-corrected chi connectivity index (χ4v) is 0.754. The Morgan fingerprint density at radius 3 is 2.50 bits per heavy atom. The van der Waals surface area contributed by atoms with Crippen molar-refractivity contribution in [2.45, 2.75) is 39.5 Å². The molecule has 2 heteroatoms. The highest BCUT2D eigenvalue weighted by Gasteiger charge is 1.88. The predicted molar refractivity (Wildman–Crippen MR) is 43.5 cm³/mol. The van der Waals surface area contributed by atoms with Gasteiger partial charge in [0.25, 0.3) is 0 Å². The number of hydrogen-bond donors (Lipinski definition) is 1. The maximum atomic E-state index is 6.95. The van der Waals surface area contributed by atoms with Crippen LogP contribution in [-0.2, 0) is 4.74 Å². The molecule has 2 nitrogen and oxygen atoms in total. The van der Waals surface area contributed by atoms with Gasteiger partial charge in [-0.25, -0.2) is 0 Å². The first-order valence-electron chi connectivity index (χ1n) is 3.95. The number of hydrogen-bond acceptors (Lipinski definition) is 2. The second-order valence-electron chi connectivity index (χ2n) is 2.47. The number of rotatable bonds is 5. The van der Waals surface area contributed by atoms with Gasteiger partial charge in [0.05, 0.1) is 6.61 Å². The second kappa shape index (κ2) is 6.59. The third-order valence-corrected chi connectivity index (χ3v) is 1.32. The van der Waals surface area contributed by atoms with Gasteiger partial charge in [0.1, 0.15) is 0 Å². The molecule has 60 valence electrons. The Morgan fingerprint density at radius 2 is 2.00 bits per heavy atom. The third kappa shape index (κ3) is 7.47. The molecule has 0 aliphatic rings. The van der Waals surface area contributed by atoms with Crippen LogP contribution in [0.3, 0.4) is 0 Å². The monoisotopic (exact) mass is 143 g/mol. The molecule has 1 N–H and O–H groups in total. The average molecular weight is 143 g/mol. The minimum absolute atomic E-state index is 0.330. The molecule has 0 amide bonds. The second-order valence-corrected chi connectivity index (χ2v) is 2.47. The molecule has 0 heterocycles. The van der Waals surface area contributed by atoms with Crippen LogP contribution >= 0.6 is 0 Å². The SMILES string of the molecule is CCCCCCOC(C)=N. The van der Waals surface area contributed by atoms with Crippen molar-refractivity contribution in [2.24, 2.45) is 0 Å². The highest BCUT2D eigenvalue weighted by Crippen LogP contribution is 1.98. The summed E-state index contributed by atoms with van der Waals surface area (Å²) in [5.41, 5.74) is 0. The van der Waals surface area contributed by atoms with E-state index in [9.17, 15) is 0 Å². The van der Waals surface area contributed by atoms with Crippen molar-refractivity contribution in [2.75, 3.05) is 6.61 Å². The first-order valence-corrected chi connectivity index (χ1v) is 3.95. The lowest BCUT2D eigenvalue weighted by Gasteiger charge is -2.01. The van der Waals surface area contributed by atoms with Crippen molar-refractivity contribution in [3.05, 3.63) is 0 Å². The Balaban J connectivity index is 2.84. The van der Waals surface area contributed by atoms with E-state index < -0.39 is 0 Å². The Kier molecular flexibility index (Phi) is 6.24. The molecule has 0 aromatic carbocycles. The summed E-state index contributed by atoms with van der Waals surface area (Å²) in [5.74, 6) is 0.330. The normalized spacial score (nSPS) is 9.40. The summed E-state index contributed by atoms with van der Waals surface area (Å²) in [6.07, 6.45) is 4.85. The molecule has 0 unspecified atom stereocenters. The standard InChI is InChI=1S/C8H17NO/c1-3-4-5-6-7-10-8(2)9/h9H,3-7H2,1-2H3. The van der Waals surface area contributed by atoms with Gasteiger partial charge in [-0.3, -0.25) is 5.41 Å². The van der Waals surface area contributed by atoms with Gasteiger partial charge in [0, 0.05) is 6.92 Å². The summed E-state index contributed by atoms with van der Waals surface area (Å²) in [4.78, 5) is 0. The maximum Gasteiger partial charge on any atom is 0.177 e. The molecule has 0 rings (SSSR count). The van der Waals surface area contributed by atoms with Crippen LogP contribution in [0.4, 0.5) is 0 Å². The van der Waals surface area contributed by atoms with Gasteiger partial charge in [-0.2, -0.15) is 0 Å². The molecule has 0 aromatic rings. The Hall–Kier alpha value is -0.530. The molecule has 0 aromatic heterocycles. The number of ether oxygens (including phenoxy) is 1. The summed E-state index contributed by atoms with van der Waals surface area (Å²) < 4.78 is 4.97. The van der Waals surface area contributed by atoms with Gasteiger partial charge in [0.15, 0.2) is 5.90 Å². The quantitative estimate of drug-likeness (QED) is 0.358. The van der Waals surface area contributed by atoms with Crippen LogP contribution in [0.15, 0.2) is 0 Å². The first-order chi connectivity index (χ1) is 4.77. The van der Waals surface area contributed by atoms with E-state index in [0.717, 1.165) is 13.0 Å². The van der Waals surface area contributed by atoms with Crippen LogP contribution < -0.4 is 0 Å². The molecule has 0 saturated carbocycles. The van der Waals surface area contributed by atoms with E-state index >= 15 is 0 Å². The zero-order valence-corrected chi connectivity index (χ0v) is 6.94. The lowest BCUT2D eigenvalue weighted by atomic mass is 10.2. The van der Waals surface area contributed by atoms with Crippen LogP contribution in [-0.4, -0.2) is 12.5 Å². The Labute approximate surface area is 63.1 Å². The zero-order chi connectivity index (χ0) is 7.82. The average Bonchev–Trinajstić information content (AvgIpc) is 1.87. The summed E-state index contributed by atoms with van der Waals surface area (Å²) in [6, 6.07) is 0. The number of unbranched alkanes of at least 4 members (excludes halogenated alkanes) is 3. The van der Waals surface area contributed by atoms with Gasteiger partial charge < -0.3 is 4.74 Å². The van der Waals surface area contributed by atoms with Crippen molar-refractivity contribution >= 4 is 5.90 Å². The Morgan fingerprint density at radius 1 is 1.30 bits per heavy atom. The molecule has 0 radical (unpaired) electrons. The smallest absolute Gasteiger partial charge is 0.177 e. The van der Waals surface area contributed by atoms with Gasteiger partial charge in [-0.05, 0) is 6.42 Å². The van der Waals surface area contributed by atoms with E-state index in [-0.39, 0.29) is 0 Å². The van der Waals surface area contributed by atoms with Gasteiger partial charge in [-0.15, -0.1) is 0 Å². The molecule has 0 spiro atoms. The molecule has 0 fully saturated rings. The van der Waals surface area contributed by atoms with Crippen molar-refractivity contribution in [1.82, 2.24) is 0 Å². The summed E-state index contributed by atoms with van der Waals surface area (Å²) >= 11 is 0. The molecular formula is C8H17NO. The van der Waals surface area contributed by atoms with Gasteiger partial charge in [0.2, 0.25) is 0 Å². The molecule has 10 heavy (non-hydrogen) atoms. The molecule has 0 saturated heterocycles. The fourth-order valence-electron chi connectivity index (χ4n) is 0.754. The lowest BCUT2D eigenvalue weighted by molar-refractivity contribution is 0.288. The maximum absolute atomic E-state index is 6.95. The predicted octanol–water partition coefficient (Wildman–Crippen LogP) is 2.58. The zero-order valence-electron chi connectivity index (χ0n) is 6.94. The van der Waals surface area contributed by atoms with Crippen molar-refractivity contribution in [1.29, 1.82) is 5.41 Å².